The molecule has 0 bridgehead atoms. The van der Waals surface area contributed by atoms with Gasteiger partial charge in [-0.15, -0.1) is 0 Å². The highest BCUT2D eigenvalue weighted by Gasteiger charge is 2.20. The van der Waals surface area contributed by atoms with E-state index in [0.29, 0.717) is 5.56 Å². The van der Waals surface area contributed by atoms with Crippen LogP contribution in [0.15, 0.2) is 24.3 Å². The molecule has 1 fully saturated rings. The molecule has 0 atom stereocenters. The van der Waals surface area contributed by atoms with Gasteiger partial charge in [0.15, 0.2) is 0 Å². The lowest BCUT2D eigenvalue weighted by atomic mass is 9.82. The number of benzene rings is 1. The maximum Gasteiger partial charge on any atom is 0.144 e. The minimum absolute atomic E-state index is 0.178. The van der Waals surface area contributed by atoms with Crippen LogP contribution < -0.4 is 0 Å². The molecule has 1 saturated carbocycles. The van der Waals surface area contributed by atoms with Crippen LogP contribution in [0.25, 0.3) is 0 Å². The molecule has 1 aromatic rings. The average molecular weight is 233 g/mol. The number of allylic oxidation sites excluding steroid dienone is 1. The third-order valence-corrected chi connectivity index (χ3v) is 3.34. The van der Waals surface area contributed by atoms with Crippen LogP contribution in [0.2, 0.25) is 0 Å². The molecule has 1 aromatic carbocycles. The first-order chi connectivity index (χ1) is 8.11. The molecule has 0 heterocycles. The fraction of sp³-hybridized carbons (Fsp3) is 0.357. The second-order valence-electron chi connectivity index (χ2n) is 4.50. The zero-order chi connectivity index (χ0) is 12.4. The molecular weight excluding hydrogens is 220 g/mol. The van der Waals surface area contributed by atoms with Gasteiger partial charge in [0.05, 0.1) is 0 Å². The Bertz CT molecular complexity index is 466. The third kappa shape index (κ3) is 2.36. The molecule has 0 N–H and O–H groups in total. The fourth-order valence-corrected chi connectivity index (χ4v) is 2.29. The van der Waals surface area contributed by atoms with E-state index in [1.165, 1.54) is 23.8 Å². The van der Waals surface area contributed by atoms with Gasteiger partial charge in [0.25, 0.3) is 0 Å². The molecule has 0 aromatic heterocycles. The molecular formula is C14H13F2N. The Balaban J connectivity index is 2.29. The van der Waals surface area contributed by atoms with Gasteiger partial charge in [-0.25, -0.2) is 8.78 Å². The maximum absolute atomic E-state index is 13.5. The molecule has 0 saturated heterocycles. The van der Waals surface area contributed by atoms with Crippen molar-refractivity contribution < 1.29 is 8.78 Å². The first kappa shape index (κ1) is 11.8. The maximum atomic E-state index is 13.5. The Morgan fingerprint density at radius 2 is 1.71 bits per heavy atom. The average Bonchev–Trinajstić information content (AvgIpc) is 2.29. The van der Waals surface area contributed by atoms with E-state index in [-0.39, 0.29) is 5.92 Å². The summed E-state index contributed by atoms with van der Waals surface area (Å²) in [6, 6.07) is 4.12. The van der Waals surface area contributed by atoms with Gasteiger partial charge in [-0.1, -0.05) is 12.2 Å². The highest BCUT2D eigenvalue weighted by atomic mass is 19.1. The van der Waals surface area contributed by atoms with Crippen LogP contribution in [0.5, 0.6) is 0 Å². The van der Waals surface area contributed by atoms with Crippen molar-refractivity contribution in [2.45, 2.75) is 31.6 Å². The second kappa shape index (κ2) is 4.67. The van der Waals surface area contributed by atoms with Crippen LogP contribution in [-0.2, 0) is 0 Å². The molecule has 88 valence electrons. The SMILES string of the molecule is C=C1CCC(c2cc(F)c(C#N)c(F)c2)CC1. The van der Waals surface area contributed by atoms with Crippen molar-refractivity contribution in [2.75, 3.05) is 0 Å². The molecule has 17 heavy (non-hydrogen) atoms. The smallest absolute Gasteiger partial charge is 0.144 e. The number of hydrogen-bond donors (Lipinski definition) is 0. The number of nitriles is 1. The Hall–Kier alpha value is -1.69. The number of halogens is 2. The van der Waals surface area contributed by atoms with Crippen LogP contribution in [0.3, 0.4) is 0 Å². The molecule has 1 nitrogen and oxygen atoms in total. The lowest BCUT2D eigenvalue weighted by Gasteiger charge is -2.23. The van der Waals surface area contributed by atoms with E-state index < -0.39 is 17.2 Å². The second-order valence-corrected chi connectivity index (χ2v) is 4.50. The summed E-state index contributed by atoms with van der Waals surface area (Å²) in [5, 5.41) is 8.59. The molecule has 3 heteroatoms. The lowest BCUT2D eigenvalue weighted by molar-refractivity contribution is 0.505. The topological polar surface area (TPSA) is 23.8 Å². The summed E-state index contributed by atoms with van der Waals surface area (Å²) in [5.74, 6) is -1.34. The monoisotopic (exact) mass is 233 g/mol. The van der Waals surface area contributed by atoms with E-state index in [0.717, 1.165) is 25.7 Å². The summed E-state index contributed by atoms with van der Waals surface area (Å²) in [5.41, 5.74) is 1.37. The highest BCUT2D eigenvalue weighted by molar-refractivity contribution is 5.36. The van der Waals surface area contributed by atoms with E-state index in [4.69, 9.17) is 5.26 Å². The third-order valence-electron chi connectivity index (χ3n) is 3.34. The fourth-order valence-electron chi connectivity index (χ4n) is 2.29. The Morgan fingerprint density at radius 3 is 2.18 bits per heavy atom. The van der Waals surface area contributed by atoms with E-state index in [2.05, 4.69) is 6.58 Å². The summed E-state index contributed by atoms with van der Waals surface area (Å²) in [6.07, 6.45) is 3.58. The number of hydrogen-bond acceptors (Lipinski definition) is 1. The first-order valence-corrected chi connectivity index (χ1v) is 5.67. The Labute approximate surface area is 99.4 Å². The number of nitrogens with zero attached hydrogens (tertiary/aromatic N) is 1. The van der Waals surface area contributed by atoms with E-state index >= 15 is 0 Å². The van der Waals surface area contributed by atoms with Crippen molar-refractivity contribution in [1.82, 2.24) is 0 Å². The van der Waals surface area contributed by atoms with Crippen LogP contribution in [0, 0.1) is 23.0 Å². The predicted molar refractivity (Wildman–Crippen MR) is 61.4 cm³/mol. The van der Waals surface area contributed by atoms with Crippen LogP contribution in [-0.4, -0.2) is 0 Å². The van der Waals surface area contributed by atoms with Gasteiger partial charge in [0, 0.05) is 0 Å². The minimum atomic E-state index is -0.757. The summed E-state index contributed by atoms with van der Waals surface area (Å²) in [7, 11) is 0. The van der Waals surface area contributed by atoms with Crippen LogP contribution >= 0.6 is 0 Å². The van der Waals surface area contributed by atoms with E-state index in [1.807, 2.05) is 0 Å². The minimum Gasteiger partial charge on any atom is -0.205 e. The summed E-state index contributed by atoms with van der Waals surface area (Å²) in [6.45, 7) is 3.91. The first-order valence-electron chi connectivity index (χ1n) is 5.67. The molecule has 0 unspecified atom stereocenters. The van der Waals surface area contributed by atoms with Gasteiger partial charge in [-0.3, -0.25) is 0 Å². The van der Waals surface area contributed by atoms with Gasteiger partial charge in [-0.2, -0.15) is 5.26 Å². The van der Waals surface area contributed by atoms with Crippen molar-refractivity contribution in [3.8, 4) is 6.07 Å². The molecule has 0 aliphatic heterocycles. The lowest BCUT2D eigenvalue weighted by Crippen LogP contribution is -2.07. The van der Waals surface area contributed by atoms with Gasteiger partial charge in [0.1, 0.15) is 23.3 Å². The van der Waals surface area contributed by atoms with Gasteiger partial charge < -0.3 is 0 Å². The quantitative estimate of drug-likeness (QED) is 0.671. The van der Waals surface area contributed by atoms with Gasteiger partial charge in [-0.05, 0) is 49.3 Å². The van der Waals surface area contributed by atoms with E-state index in [9.17, 15) is 8.78 Å². The van der Waals surface area contributed by atoms with Crippen molar-refractivity contribution in [2.24, 2.45) is 0 Å². The van der Waals surface area contributed by atoms with Crippen molar-refractivity contribution in [1.29, 1.82) is 5.26 Å². The summed E-state index contributed by atoms with van der Waals surface area (Å²) < 4.78 is 26.9. The molecule has 0 spiro atoms. The number of rotatable bonds is 1. The van der Waals surface area contributed by atoms with Gasteiger partial charge >= 0.3 is 0 Å². The standard InChI is InChI=1S/C14H13F2N/c1-9-2-4-10(5-3-9)11-6-13(15)12(8-17)14(16)7-11/h6-7,10H,1-5H2. The largest absolute Gasteiger partial charge is 0.205 e. The summed E-state index contributed by atoms with van der Waals surface area (Å²) in [4.78, 5) is 0. The normalized spacial score (nSPS) is 16.9. The molecule has 1 aliphatic carbocycles. The molecule has 0 radical (unpaired) electrons. The summed E-state index contributed by atoms with van der Waals surface area (Å²) >= 11 is 0. The predicted octanol–water partition coefficient (Wildman–Crippen LogP) is 4.05. The van der Waals surface area contributed by atoms with Crippen molar-refractivity contribution in [3.05, 3.63) is 47.0 Å². The van der Waals surface area contributed by atoms with Crippen LogP contribution in [0.4, 0.5) is 8.78 Å². The Kier molecular flexibility index (Phi) is 3.23. The zero-order valence-electron chi connectivity index (χ0n) is 9.47. The van der Waals surface area contributed by atoms with Crippen molar-refractivity contribution in [3.63, 3.8) is 0 Å². The zero-order valence-corrected chi connectivity index (χ0v) is 9.47. The molecule has 0 amide bonds. The highest BCUT2D eigenvalue weighted by Crippen LogP contribution is 2.35. The molecule has 1 aliphatic rings. The Morgan fingerprint density at radius 1 is 1.18 bits per heavy atom. The molecule has 2 rings (SSSR count). The van der Waals surface area contributed by atoms with Gasteiger partial charge in [0.2, 0.25) is 0 Å². The van der Waals surface area contributed by atoms with Crippen molar-refractivity contribution >= 4 is 0 Å². The van der Waals surface area contributed by atoms with E-state index in [1.54, 1.807) is 0 Å². The van der Waals surface area contributed by atoms with Crippen LogP contribution in [0.1, 0.15) is 42.7 Å².